The second-order valence-corrected chi connectivity index (χ2v) is 10.2. The van der Waals surface area contributed by atoms with Crippen LogP contribution < -0.4 is 18.9 Å². The van der Waals surface area contributed by atoms with Gasteiger partial charge in [-0.25, -0.2) is 28.9 Å². The Bertz CT molecular complexity index is 1570. The number of ether oxygens (including phenoxy) is 3. The Labute approximate surface area is 239 Å². The lowest BCUT2D eigenvalue weighted by Crippen LogP contribution is -2.41. The molecule has 5 rings (SSSR count). The van der Waals surface area contributed by atoms with E-state index in [1.165, 1.54) is 6.20 Å². The van der Waals surface area contributed by atoms with Crippen LogP contribution in [-0.4, -0.2) is 78.5 Å². The summed E-state index contributed by atoms with van der Waals surface area (Å²) in [5, 5.41) is 0. The van der Waals surface area contributed by atoms with Gasteiger partial charge >= 0.3 is 0 Å². The highest BCUT2D eigenvalue weighted by Crippen LogP contribution is 2.38. The Morgan fingerprint density at radius 2 is 1.85 bits per heavy atom. The molecule has 0 saturated carbocycles. The molecule has 1 aliphatic rings. The van der Waals surface area contributed by atoms with E-state index in [-0.39, 0.29) is 18.2 Å². The lowest BCUT2D eigenvalue weighted by molar-refractivity contribution is -0.133. The van der Waals surface area contributed by atoms with Crippen molar-refractivity contribution in [1.29, 1.82) is 0 Å². The molecule has 0 aliphatic carbocycles. The Hall–Kier alpha value is -4.14. The zero-order chi connectivity index (χ0) is 29.1. The molecule has 4 aromatic rings. The highest BCUT2D eigenvalue weighted by Gasteiger charge is 2.34. The van der Waals surface area contributed by atoms with Crippen molar-refractivity contribution < 1.29 is 27.8 Å². The van der Waals surface area contributed by atoms with Crippen LogP contribution in [0.25, 0.3) is 28.5 Å². The number of methoxy groups -OCH3 is 2. The van der Waals surface area contributed by atoms with Gasteiger partial charge in [-0.3, -0.25) is 13.9 Å². The van der Waals surface area contributed by atoms with Crippen molar-refractivity contribution >= 4 is 28.5 Å². The van der Waals surface area contributed by atoms with E-state index in [0.29, 0.717) is 71.1 Å². The number of carbonyl (C=O) groups excluding carboxylic acids is 1. The molecule has 13 nitrogen and oxygen atoms in total. The molecular weight excluding hydrogens is 550 g/mol. The average Bonchev–Trinajstić information content (AvgIpc) is 3.35. The zero-order valence-corrected chi connectivity index (χ0v) is 23.9. The van der Waals surface area contributed by atoms with Crippen molar-refractivity contribution in [3.63, 3.8) is 0 Å². The maximum Gasteiger partial charge on any atom is 0.232 e. The molecule has 1 aromatic carbocycles. The molecule has 216 valence electrons. The standard InChI is InChI=1S/C27H31N7O6S/c1-5-40-21-11-6-8-17(29-21)26-31-25-27(34(26)24-19(38-3)9-7-10-20(24)39-4)30-18(15-28-25)23(32-41(36)37)16-12-13-33(2)22(35)14-16/h6-11,15-16,23,32H,5,12-14H2,1-4H3,(H,36,37)/t16-,23-/m1/s1. The van der Waals surface area contributed by atoms with Gasteiger partial charge in [-0.2, -0.15) is 0 Å². The first kappa shape index (κ1) is 28.4. The van der Waals surface area contributed by atoms with Crippen molar-refractivity contribution in [3.05, 3.63) is 48.3 Å². The topological polar surface area (TPSA) is 154 Å². The molecule has 1 unspecified atom stereocenters. The molecular formula is C27H31N7O6S. The third-order valence-corrected chi connectivity index (χ3v) is 7.43. The maximum atomic E-state index is 12.5. The second-order valence-electron chi connectivity index (χ2n) is 9.43. The molecule has 1 aliphatic heterocycles. The molecule has 3 atom stereocenters. The van der Waals surface area contributed by atoms with Crippen LogP contribution in [-0.2, 0) is 16.1 Å². The summed E-state index contributed by atoms with van der Waals surface area (Å²) in [5.41, 5.74) is 2.06. The van der Waals surface area contributed by atoms with Crippen molar-refractivity contribution in [2.24, 2.45) is 5.92 Å². The Balaban J connectivity index is 1.75. The molecule has 4 heterocycles. The Morgan fingerprint density at radius 1 is 1.12 bits per heavy atom. The number of nitrogens with one attached hydrogen (secondary N) is 1. The lowest BCUT2D eigenvalue weighted by Gasteiger charge is -2.33. The third-order valence-electron chi connectivity index (χ3n) is 6.98. The van der Waals surface area contributed by atoms with Gasteiger partial charge < -0.3 is 19.1 Å². The molecule has 1 amide bonds. The van der Waals surface area contributed by atoms with Crippen LogP contribution in [0.15, 0.2) is 42.6 Å². The first-order valence-electron chi connectivity index (χ1n) is 13.0. The van der Waals surface area contributed by atoms with Gasteiger partial charge in [0, 0.05) is 26.1 Å². The van der Waals surface area contributed by atoms with Gasteiger partial charge in [-0.05, 0) is 37.5 Å². The monoisotopic (exact) mass is 581 g/mol. The average molecular weight is 582 g/mol. The van der Waals surface area contributed by atoms with Gasteiger partial charge in [0.25, 0.3) is 0 Å². The van der Waals surface area contributed by atoms with E-state index in [0.717, 1.165) is 0 Å². The summed E-state index contributed by atoms with van der Waals surface area (Å²) in [6.45, 7) is 2.85. The number of benzene rings is 1. The first-order chi connectivity index (χ1) is 19.8. The quantitative estimate of drug-likeness (QED) is 0.267. The van der Waals surface area contributed by atoms with Crippen LogP contribution in [0.5, 0.6) is 17.4 Å². The van der Waals surface area contributed by atoms with Crippen LogP contribution in [0.2, 0.25) is 0 Å². The van der Waals surface area contributed by atoms with Gasteiger partial charge in [0.2, 0.25) is 23.1 Å². The Morgan fingerprint density at radius 3 is 2.51 bits per heavy atom. The minimum Gasteiger partial charge on any atom is -0.494 e. The molecule has 41 heavy (non-hydrogen) atoms. The van der Waals surface area contributed by atoms with Crippen LogP contribution in [0.4, 0.5) is 0 Å². The lowest BCUT2D eigenvalue weighted by atomic mass is 9.88. The first-order valence-corrected chi connectivity index (χ1v) is 14.1. The number of hydrogen-bond donors (Lipinski definition) is 2. The second kappa shape index (κ2) is 12.2. The molecule has 3 aromatic heterocycles. The minimum atomic E-state index is -2.36. The SMILES string of the molecule is CCOc1cccc(-c2nc3ncc([C@H](NS(=O)O)[C@@H]4CCN(C)C(=O)C4)nc3n2-c2c(OC)cccc2OC)n1. The molecule has 0 spiro atoms. The van der Waals surface area contributed by atoms with Gasteiger partial charge in [-0.15, -0.1) is 0 Å². The van der Waals surface area contributed by atoms with E-state index in [9.17, 15) is 13.6 Å². The number of aromatic nitrogens is 5. The molecule has 0 bridgehead atoms. The fraction of sp³-hybridized carbons (Fsp3) is 0.370. The molecule has 14 heteroatoms. The van der Waals surface area contributed by atoms with E-state index in [1.54, 1.807) is 61.1 Å². The van der Waals surface area contributed by atoms with Crippen molar-refractivity contribution in [3.8, 4) is 34.6 Å². The zero-order valence-electron chi connectivity index (χ0n) is 23.1. The highest BCUT2D eigenvalue weighted by atomic mass is 32.2. The number of imidazole rings is 1. The largest absolute Gasteiger partial charge is 0.494 e. The number of nitrogens with zero attached hydrogens (tertiary/aromatic N) is 6. The van der Waals surface area contributed by atoms with E-state index in [4.69, 9.17) is 24.2 Å². The number of amides is 1. The summed E-state index contributed by atoms with van der Waals surface area (Å²) >= 11 is -2.36. The number of fused-ring (bicyclic) bond motifs is 1. The minimum absolute atomic E-state index is 0.0443. The van der Waals surface area contributed by atoms with Crippen molar-refractivity contribution in [2.75, 3.05) is 34.4 Å². The van der Waals surface area contributed by atoms with Gasteiger partial charge in [-0.1, -0.05) is 12.1 Å². The molecule has 1 saturated heterocycles. The van der Waals surface area contributed by atoms with E-state index in [1.807, 2.05) is 13.0 Å². The van der Waals surface area contributed by atoms with Crippen molar-refractivity contribution in [2.45, 2.75) is 25.8 Å². The molecule has 1 fully saturated rings. The Kier molecular flexibility index (Phi) is 8.42. The van der Waals surface area contributed by atoms with Crippen LogP contribution in [0, 0.1) is 5.92 Å². The third kappa shape index (κ3) is 5.71. The van der Waals surface area contributed by atoms with E-state index >= 15 is 0 Å². The predicted octanol–water partition coefficient (Wildman–Crippen LogP) is 2.93. The van der Waals surface area contributed by atoms with Crippen LogP contribution in [0.1, 0.15) is 31.5 Å². The summed E-state index contributed by atoms with van der Waals surface area (Å²) < 4.78 is 43.2. The number of pyridine rings is 1. The van der Waals surface area contributed by atoms with Crippen molar-refractivity contribution in [1.82, 2.24) is 34.1 Å². The van der Waals surface area contributed by atoms with E-state index in [2.05, 4.69) is 14.7 Å². The highest BCUT2D eigenvalue weighted by molar-refractivity contribution is 7.77. The summed E-state index contributed by atoms with van der Waals surface area (Å²) in [4.78, 5) is 33.1. The van der Waals surface area contributed by atoms with Gasteiger partial charge in [0.05, 0.1) is 38.8 Å². The number of likely N-dealkylation sites (tertiary alicyclic amines) is 1. The number of piperidine rings is 1. The fourth-order valence-electron chi connectivity index (χ4n) is 4.98. The number of carbonyl (C=O) groups is 1. The molecule has 2 N–H and O–H groups in total. The van der Waals surface area contributed by atoms with Gasteiger partial charge in [0.1, 0.15) is 22.9 Å². The summed E-state index contributed by atoms with van der Waals surface area (Å²) in [5.74, 6) is 1.50. The van der Waals surface area contributed by atoms with Crippen LogP contribution >= 0.6 is 0 Å². The number of hydrogen-bond acceptors (Lipinski definition) is 9. The van der Waals surface area contributed by atoms with E-state index < -0.39 is 17.3 Å². The normalized spacial score (nSPS) is 17.0. The predicted molar refractivity (Wildman–Crippen MR) is 151 cm³/mol. The summed E-state index contributed by atoms with van der Waals surface area (Å²) in [6, 6.07) is 10.0. The summed E-state index contributed by atoms with van der Waals surface area (Å²) in [6.07, 6.45) is 2.33. The summed E-state index contributed by atoms with van der Waals surface area (Å²) in [7, 11) is 4.85. The number of para-hydroxylation sites is 1. The smallest absolute Gasteiger partial charge is 0.232 e. The van der Waals surface area contributed by atoms with Gasteiger partial charge in [0.15, 0.2) is 17.1 Å². The maximum absolute atomic E-state index is 12.5. The van der Waals surface area contributed by atoms with Crippen LogP contribution in [0.3, 0.4) is 0 Å². The molecule has 0 radical (unpaired) electrons. The number of rotatable bonds is 10. The fourth-order valence-corrected chi connectivity index (χ4v) is 5.51.